The molecule has 18 unspecified atom stereocenters. The molecule has 35 nitrogen and oxygen atoms in total. The van der Waals surface area contributed by atoms with Gasteiger partial charge in [-0.05, 0) is 153 Å². The van der Waals surface area contributed by atoms with Crippen molar-refractivity contribution >= 4 is 76.6 Å². The van der Waals surface area contributed by atoms with E-state index in [1.54, 1.807) is 120 Å². The SMILES string of the molecule is CCCCNC1=C2CC(C)CC(OC)C(O)C(C)/C=C(\C)C(OC(N)=O)C(OC)/C=C\C=C(/C)C(=O)NC(=CC1=O)C2=O.CNCCCNC1=C2CC(C)CC(OC)C(O)C(C)/C=C(\C)C(OC(N)=O)C(OC)/C=C\C=C(/C)C(=O)NC(=CC1=O)C2=O.COC1/C=C\C=C(/C)C(=O)NC2=CC(=O)C(NC(=O)c3ccccc3)=C(CC(C)CC(OC)C(O)C(C)/C=C(\C)C1OC(N)=O)C2=O. The molecule has 0 saturated carbocycles. The van der Waals surface area contributed by atoms with E-state index in [0.29, 0.717) is 48.2 Å². The van der Waals surface area contributed by atoms with E-state index in [-0.39, 0.29) is 117 Å². The molecule has 3 aliphatic heterocycles. The Morgan fingerprint density at radius 2 is 0.724 bits per heavy atom. The van der Waals surface area contributed by atoms with E-state index in [2.05, 4.69) is 37.2 Å². The van der Waals surface area contributed by atoms with Gasteiger partial charge in [0.05, 0.1) is 70.8 Å². The summed E-state index contributed by atoms with van der Waals surface area (Å²) in [6.45, 7) is 24.6. The van der Waals surface area contributed by atoms with Gasteiger partial charge >= 0.3 is 18.3 Å². The third kappa shape index (κ3) is 33.7. The molecule has 0 radical (unpaired) electrons. The first-order valence-corrected chi connectivity index (χ1v) is 44.7. The number of carbonyl (C=O) groups excluding carboxylic acids is 13. The Kier molecular flexibility index (Phi) is 46.9. The molecule has 18 atom stereocenters. The second-order valence-electron chi connectivity index (χ2n) is 34.3. The molecule has 7 amide bonds. The molecule has 1 aromatic carbocycles. The molecule has 734 valence electrons. The van der Waals surface area contributed by atoms with Crippen molar-refractivity contribution in [3.05, 3.63) is 211 Å². The molecule has 3 aliphatic carbocycles. The second-order valence-corrected chi connectivity index (χ2v) is 34.3. The summed E-state index contributed by atoms with van der Waals surface area (Å²) >= 11 is 0. The predicted octanol–water partition coefficient (Wildman–Crippen LogP) is 8.30. The Morgan fingerprint density at radius 1 is 0.425 bits per heavy atom. The summed E-state index contributed by atoms with van der Waals surface area (Å²) in [5, 5.41) is 53.5. The van der Waals surface area contributed by atoms with Gasteiger partial charge in [0.1, 0.15) is 18.3 Å². The van der Waals surface area contributed by atoms with Crippen LogP contribution in [0.15, 0.2) is 206 Å². The lowest BCUT2D eigenvalue weighted by Crippen LogP contribution is -2.38. The number of nitrogens with one attached hydrogen (secondary N) is 7. The number of primary amides is 3. The number of carbonyl (C=O) groups is 13. The first-order valence-electron chi connectivity index (χ1n) is 44.7. The highest BCUT2D eigenvalue weighted by Crippen LogP contribution is 2.35. The Morgan fingerprint density at radius 3 is 1.01 bits per heavy atom. The number of aliphatic hydroxyl groups is 3. The van der Waals surface area contributed by atoms with E-state index in [1.165, 1.54) is 73.9 Å². The smallest absolute Gasteiger partial charge is 0.405 e. The van der Waals surface area contributed by atoms with E-state index >= 15 is 0 Å². The summed E-state index contributed by atoms with van der Waals surface area (Å²) in [7, 11) is 10.6. The second kappa shape index (κ2) is 55.8. The van der Waals surface area contributed by atoms with Gasteiger partial charge in [-0.1, -0.05) is 146 Å². The molecule has 0 aromatic heterocycles. The van der Waals surface area contributed by atoms with E-state index in [9.17, 15) is 77.6 Å². The van der Waals surface area contributed by atoms with Crippen LogP contribution in [0.3, 0.4) is 0 Å². The minimum Gasteiger partial charge on any atom is -0.439 e. The zero-order chi connectivity index (χ0) is 100. The van der Waals surface area contributed by atoms with Gasteiger partial charge < -0.3 is 112 Å². The molecule has 134 heavy (non-hydrogen) atoms. The average Bonchev–Trinajstić information content (AvgIpc) is 0.816. The fourth-order valence-electron chi connectivity index (χ4n) is 15.9. The lowest BCUT2D eigenvalue weighted by molar-refractivity contribution is -0.120. The zero-order valence-corrected chi connectivity index (χ0v) is 80.5. The van der Waals surface area contributed by atoms with E-state index in [0.717, 1.165) is 44.0 Å². The Hall–Kier alpha value is -11.8. The van der Waals surface area contributed by atoms with Crippen LogP contribution in [0.25, 0.3) is 0 Å². The van der Waals surface area contributed by atoms with Crippen molar-refractivity contribution in [1.29, 1.82) is 0 Å². The maximum absolute atomic E-state index is 13.8. The number of aliphatic hydroxyl groups excluding tert-OH is 3. The molecule has 7 rings (SSSR count). The molecule has 35 heteroatoms. The summed E-state index contributed by atoms with van der Waals surface area (Å²) < 4.78 is 49.8. The van der Waals surface area contributed by atoms with Crippen LogP contribution < -0.4 is 54.4 Å². The number of ether oxygens (including phenoxy) is 9. The lowest BCUT2D eigenvalue weighted by atomic mass is 9.85. The lowest BCUT2D eigenvalue weighted by Gasteiger charge is -2.30. The maximum atomic E-state index is 13.8. The molecule has 1 aromatic rings. The average molecular weight is 1870 g/mol. The topological polar surface area (TPSA) is 528 Å². The Balaban J connectivity index is 0.000000356. The van der Waals surface area contributed by atoms with Crippen molar-refractivity contribution in [1.82, 2.24) is 37.2 Å². The highest BCUT2D eigenvalue weighted by molar-refractivity contribution is 6.26. The molecular formula is C99H138N10O25. The normalized spacial score (nSPS) is 30.5. The number of allylic oxidation sites excluding steroid dienone is 12. The molecule has 3 heterocycles. The van der Waals surface area contributed by atoms with Gasteiger partial charge in [-0.3, -0.25) is 47.9 Å². The van der Waals surface area contributed by atoms with Crippen molar-refractivity contribution in [2.24, 2.45) is 52.7 Å². The minimum absolute atomic E-state index is 0.0199. The maximum Gasteiger partial charge on any atom is 0.405 e. The monoisotopic (exact) mass is 1870 g/mol. The van der Waals surface area contributed by atoms with Gasteiger partial charge in [0, 0.05) is 131 Å². The van der Waals surface area contributed by atoms with Gasteiger partial charge in [-0.15, -0.1) is 0 Å². The summed E-state index contributed by atoms with van der Waals surface area (Å²) in [5.41, 5.74) is 19.2. The van der Waals surface area contributed by atoms with Gasteiger partial charge in [-0.2, -0.15) is 0 Å². The number of methoxy groups -OCH3 is 6. The van der Waals surface area contributed by atoms with Crippen molar-refractivity contribution in [2.45, 2.75) is 221 Å². The standard InChI is InChI=1S/C35H43N3O9.C32H48N4O8.C32H47N3O8/c1-19-15-24-29(38-34(43)23-12-8-7-9-13-23)26(39)18-25(31(24)41)37-33(42)20(2)11-10-14-27(45-5)32(47-35(36)44)22(4)17-21(3)30(40)28(16-19)46-6;1-18-14-22-27(35-13-9-12-34-5)24(37)17-23(29(22)39)36-31(40)19(2)10-8-11-25(42-6)30(44-32(33)41)21(4)16-20(3)28(38)26(15-18)43-7;1-8-9-13-34-27-22-14-18(2)15-26(42-7)28(37)20(4)16-21(5)30(43-32(33)40)25(41-6)12-10-11-19(3)31(39)35-23(29(22)38)17-24(27)36/h7-14,17-19,21,27-28,30,32,40H,15-16H2,1-6H3,(H2,36,44)(H,37,42)(H,38,43);8,10-11,16-18,20,25-26,28,30,34-35,38H,9,12-15H2,1-7H3,(H2,33,41)(H,36,40);10-12,16-18,20,25-26,28,30,34,37H,8-9,13-15H2,1-7H3,(H2,33,40)(H,35,39)/b14-10-,20-11+,22-17+;11-8-,19-10+,21-16+;12-10-,19-11+,21-16+. The third-order valence-corrected chi connectivity index (χ3v) is 23.4. The number of amides is 7. The van der Waals surface area contributed by atoms with Gasteiger partial charge in [-0.25, -0.2) is 14.4 Å². The van der Waals surface area contributed by atoms with Gasteiger partial charge in [0.25, 0.3) is 23.6 Å². The van der Waals surface area contributed by atoms with Crippen LogP contribution in [0, 0.1) is 35.5 Å². The van der Waals surface area contributed by atoms with Crippen molar-refractivity contribution < 1.29 is 120 Å². The highest BCUT2D eigenvalue weighted by Gasteiger charge is 2.40. The third-order valence-electron chi connectivity index (χ3n) is 23.4. The molecule has 0 saturated heterocycles. The summed E-state index contributed by atoms with van der Waals surface area (Å²) in [6.07, 6.45) is 13.4. The number of hydrogen-bond donors (Lipinski definition) is 13. The zero-order valence-electron chi connectivity index (χ0n) is 80.5. The molecule has 16 N–H and O–H groups in total. The van der Waals surface area contributed by atoms with Crippen LogP contribution in [0.1, 0.15) is 158 Å². The van der Waals surface area contributed by atoms with Crippen LogP contribution in [-0.2, 0) is 85.8 Å². The molecule has 6 aliphatic rings. The quantitative estimate of drug-likeness (QED) is 0.0252. The molecule has 0 fully saturated rings. The summed E-state index contributed by atoms with van der Waals surface area (Å²) in [6, 6.07) is 8.25. The number of nitrogens with two attached hydrogens (primary N) is 3. The Bertz CT molecular complexity index is 4880. The van der Waals surface area contributed by atoms with Gasteiger partial charge in [0.2, 0.25) is 34.7 Å². The first kappa shape index (κ1) is 113. The molecule has 6 bridgehead atoms. The fraction of sp³-hybridized carbons (Fsp3) is 0.505. The van der Waals surface area contributed by atoms with E-state index in [1.807, 2.05) is 48.6 Å². The number of rotatable bonds is 20. The van der Waals surface area contributed by atoms with Crippen molar-refractivity contribution in [3.63, 3.8) is 0 Å². The van der Waals surface area contributed by atoms with Crippen LogP contribution in [0.4, 0.5) is 14.4 Å². The van der Waals surface area contributed by atoms with E-state index < -0.39 is 162 Å². The Labute approximate surface area is 784 Å². The summed E-state index contributed by atoms with van der Waals surface area (Å²) in [4.78, 5) is 168. The predicted molar refractivity (Wildman–Crippen MR) is 502 cm³/mol. The molecule has 0 spiro atoms. The van der Waals surface area contributed by atoms with Gasteiger partial charge in [0.15, 0.2) is 18.3 Å². The number of benzene rings is 1. The van der Waals surface area contributed by atoms with Crippen LogP contribution in [0.2, 0.25) is 0 Å². The molecular weight excluding hydrogens is 1730 g/mol. The minimum atomic E-state index is -1.03. The van der Waals surface area contributed by atoms with Crippen LogP contribution >= 0.6 is 0 Å². The number of hydrogen-bond acceptors (Lipinski definition) is 28. The van der Waals surface area contributed by atoms with Crippen LogP contribution in [0.5, 0.6) is 0 Å². The van der Waals surface area contributed by atoms with E-state index in [4.69, 9.17) is 59.8 Å². The van der Waals surface area contributed by atoms with Crippen LogP contribution in [-0.4, -0.2) is 235 Å². The largest absolute Gasteiger partial charge is 0.439 e. The summed E-state index contributed by atoms with van der Waals surface area (Å²) in [5.74, 6) is -7.37. The first-order chi connectivity index (χ1) is 63.4. The highest BCUT2D eigenvalue weighted by atomic mass is 16.6. The van der Waals surface area contributed by atoms with Crippen molar-refractivity contribution in [3.8, 4) is 0 Å². The number of unbranched alkanes of at least 4 members (excludes halogenated alkanes) is 1. The van der Waals surface area contributed by atoms with Crippen molar-refractivity contribution in [2.75, 3.05) is 69.3 Å². The number of Topliss-reactive ketones (excluding diaryl/α,β-unsaturated/α-hetero) is 3. The number of fused-ring (bicyclic) bond motifs is 6. The fourth-order valence-corrected chi connectivity index (χ4v) is 15.9. The number of ketones is 6.